The zero-order valence-electron chi connectivity index (χ0n) is 19.3. The highest BCUT2D eigenvalue weighted by Gasteiger charge is 2.45. The standard InChI is InChI=1S/C24H30O9/c1-13(8-9-25)23(28)32-21-11-18(12-30-16(4)26)6-7-19(31-17(5)27)14(2)10-20-22(21)15(3)24(29)33-20/h6,8,10,19-22,25H,3,7,9,11-12H2,1-2,4-5H3/b13-8+,14-10+,18-6-. The van der Waals surface area contributed by atoms with Crippen LogP contribution in [-0.2, 0) is 38.1 Å². The molecule has 1 fully saturated rings. The molecule has 0 aromatic heterocycles. The molecule has 4 unspecified atom stereocenters. The molecule has 4 atom stereocenters. The van der Waals surface area contributed by atoms with Crippen molar-refractivity contribution in [2.24, 2.45) is 5.92 Å². The molecule has 9 heteroatoms. The number of fused-ring (bicyclic) bond motifs is 1. The topological polar surface area (TPSA) is 125 Å². The first-order valence-corrected chi connectivity index (χ1v) is 10.6. The van der Waals surface area contributed by atoms with E-state index in [2.05, 4.69) is 6.58 Å². The largest absolute Gasteiger partial charge is 0.461 e. The van der Waals surface area contributed by atoms with Crippen LogP contribution in [0.2, 0.25) is 0 Å². The van der Waals surface area contributed by atoms with Crippen LogP contribution in [0.1, 0.15) is 40.5 Å². The van der Waals surface area contributed by atoms with E-state index in [4.69, 9.17) is 24.1 Å². The maximum Gasteiger partial charge on any atom is 0.334 e. The number of carbonyl (C=O) groups excluding carboxylic acids is 4. The Balaban J connectivity index is 2.50. The lowest BCUT2D eigenvalue weighted by Crippen LogP contribution is -2.35. The molecule has 1 aliphatic heterocycles. The van der Waals surface area contributed by atoms with Gasteiger partial charge in [-0.05, 0) is 37.1 Å². The van der Waals surface area contributed by atoms with E-state index in [1.165, 1.54) is 26.8 Å². The van der Waals surface area contributed by atoms with Gasteiger partial charge in [-0.15, -0.1) is 0 Å². The summed E-state index contributed by atoms with van der Waals surface area (Å²) >= 11 is 0. The minimum absolute atomic E-state index is 0.0664. The molecule has 0 radical (unpaired) electrons. The third-order valence-corrected chi connectivity index (χ3v) is 5.43. The van der Waals surface area contributed by atoms with Gasteiger partial charge in [0.1, 0.15) is 24.9 Å². The van der Waals surface area contributed by atoms with Gasteiger partial charge in [-0.3, -0.25) is 9.59 Å². The van der Waals surface area contributed by atoms with E-state index >= 15 is 0 Å². The molecule has 0 aromatic carbocycles. The van der Waals surface area contributed by atoms with Crippen molar-refractivity contribution in [2.75, 3.05) is 13.2 Å². The van der Waals surface area contributed by atoms with Gasteiger partial charge >= 0.3 is 23.9 Å². The van der Waals surface area contributed by atoms with Crippen molar-refractivity contribution < 1.29 is 43.2 Å². The maximum atomic E-state index is 12.6. The highest BCUT2D eigenvalue weighted by molar-refractivity contribution is 5.92. The number of carbonyl (C=O) groups is 4. The molecule has 180 valence electrons. The van der Waals surface area contributed by atoms with Gasteiger partial charge in [0.25, 0.3) is 0 Å². The summed E-state index contributed by atoms with van der Waals surface area (Å²) in [6.45, 7) is 9.26. The normalized spacial score (nSPS) is 28.9. The molecular formula is C24H30O9. The van der Waals surface area contributed by atoms with Crippen LogP contribution in [-0.4, -0.2) is 60.5 Å². The molecule has 2 rings (SSSR count). The summed E-state index contributed by atoms with van der Waals surface area (Å²) in [4.78, 5) is 48.0. The monoisotopic (exact) mass is 462 g/mol. The van der Waals surface area contributed by atoms with E-state index in [-0.39, 0.29) is 37.2 Å². The van der Waals surface area contributed by atoms with E-state index < -0.39 is 48.1 Å². The minimum atomic E-state index is -0.861. The van der Waals surface area contributed by atoms with Crippen LogP contribution in [0.3, 0.4) is 0 Å². The van der Waals surface area contributed by atoms with E-state index in [1.54, 1.807) is 19.1 Å². The van der Waals surface area contributed by atoms with E-state index in [0.717, 1.165) is 0 Å². The molecule has 1 saturated heterocycles. The Hall–Kier alpha value is -3.20. The molecule has 33 heavy (non-hydrogen) atoms. The molecule has 1 aliphatic carbocycles. The quantitative estimate of drug-likeness (QED) is 0.273. The van der Waals surface area contributed by atoms with Crippen LogP contribution in [0.5, 0.6) is 0 Å². The first kappa shape index (κ1) is 26.1. The summed E-state index contributed by atoms with van der Waals surface area (Å²) in [6, 6.07) is 0. The van der Waals surface area contributed by atoms with Gasteiger partial charge in [0, 0.05) is 37.8 Å². The van der Waals surface area contributed by atoms with Crippen molar-refractivity contribution >= 4 is 23.9 Å². The second kappa shape index (κ2) is 11.6. The van der Waals surface area contributed by atoms with Crippen LogP contribution < -0.4 is 0 Å². The van der Waals surface area contributed by atoms with Crippen molar-refractivity contribution in [3.63, 3.8) is 0 Å². The zero-order chi connectivity index (χ0) is 24.7. The van der Waals surface area contributed by atoms with Crippen LogP contribution in [0.25, 0.3) is 0 Å². The summed E-state index contributed by atoms with van der Waals surface area (Å²) < 4.78 is 21.8. The fourth-order valence-corrected chi connectivity index (χ4v) is 3.69. The highest BCUT2D eigenvalue weighted by atomic mass is 16.6. The number of aliphatic hydroxyl groups excluding tert-OH is 1. The lowest BCUT2D eigenvalue weighted by Gasteiger charge is -2.29. The Bertz CT molecular complexity index is 909. The third kappa shape index (κ3) is 7.15. The van der Waals surface area contributed by atoms with Crippen LogP contribution in [0, 0.1) is 5.92 Å². The second-order valence-corrected chi connectivity index (χ2v) is 8.03. The summed E-state index contributed by atoms with van der Waals surface area (Å²) in [5, 5.41) is 9.09. The average Bonchev–Trinajstić information content (AvgIpc) is 3.00. The maximum absolute atomic E-state index is 12.6. The Kier molecular flexibility index (Phi) is 9.16. The third-order valence-electron chi connectivity index (χ3n) is 5.43. The van der Waals surface area contributed by atoms with Gasteiger partial charge in [-0.25, -0.2) is 9.59 Å². The summed E-state index contributed by atoms with van der Waals surface area (Å²) in [7, 11) is 0. The Morgan fingerprint density at radius 2 is 1.91 bits per heavy atom. The molecule has 0 bridgehead atoms. The lowest BCUT2D eigenvalue weighted by molar-refractivity contribution is -0.148. The van der Waals surface area contributed by atoms with Gasteiger partial charge in [-0.1, -0.05) is 12.7 Å². The Morgan fingerprint density at radius 1 is 1.21 bits per heavy atom. The summed E-state index contributed by atoms with van der Waals surface area (Å²) in [6.07, 6.45) is 2.90. The predicted molar refractivity (Wildman–Crippen MR) is 116 cm³/mol. The molecule has 1 N–H and O–H groups in total. The fraction of sp³-hybridized carbons (Fsp3) is 0.500. The van der Waals surface area contributed by atoms with Crippen LogP contribution in [0.15, 0.2) is 47.1 Å². The molecule has 1 heterocycles. The average molecular weight is 462 g/mol. The van der Waals surface area contributed by atoms with E-state index in [9.17, 15) is 19.2 Å². The number of ether oxygens (including phenoxy) is 4. The summed E-state index contributed by atoms with van der Waals surface area (Å²) in [5.41, 5.74) is 1.61. The molecule has 0 amide bonds. The van der Waals surface area contributed by atoms with Gasteiger partial charge < -0.3 is 24.1 Å². The molecule has 0 spiro atoms. The number of hydrogen-bond donors (Lipinski definition) is 1. The SMILES string of the molecule is C=C1C(=O)OC2/C=C(\C)C(OC(C)=O)C/C=C(\COC(C)=O)CC(OC(=O)/C(C)=C/CO)C12. The van der Waals surface area contributed by atoms with Gasteiger partial charge in [-0.2, -0.15) is 0 Å². The number of esters is 4. The van der Waals surface area contributed by atoms with Crippen molar-refractivity contribution in [3.05, 3.63) is 47.1 Å². The van der Waals surface area contributed by atoms with Crippen molar-refractivity contribution in [2.45, 2.75) is 58.8 Å². The van der Waals surface area contributed by atoms with Crippen molar-refractivity contribution in [1.29, 1.82) is 0 Å². The molecule has 0 saturated carbocycles. The summed E-state index contributed by atoms with van der Waals surface area (Å²) in [5.74, 6) is -2.95. The molecule has 2 aliphatic rings. The van der Waals surface area contributed by atoms with E-state index in [0.29, 0.717) is 11.1 Å². The predicted octanol–water partition coefficient (Wildman–Crippen LogP) is 2.10. The number of aliphatic hydroxyl groups is 1. The van der Waals surface area contributed by atoms with Gasteiger partial charge in [0.2, 0.25) is 0 Å². The minimum Gasteiger partial charge on any atom is -0.461 e. The van der Waals surface area contributed by atoms with Gasteiger partial charge in [0.05, 0.1) is 12.5 Å². The van der Waals surface area contributed by atoms with E-state index in [1.807, 2.05) is 0 Å². The number of hydrogen-bond acceptors (Lipinski definition) is 9. The molecular weight excluding hydrogens is 432 g/mol. The first-order chi connectivity index (χ1) is 15.5. The smallest absolute Gasteiger partial charge is 0.334 e. The van der Waals surface area contributed by atoms with Crippen molar-refractivity contribution in [3.8, 4) is 0 Å². The zero-order valence-corrected chi connectivity index (χ0v) is 19.3. The number of rotatable bonds is 6. The van der Waals surface area contributed by atoms with Crippen molar-refractivity contribution in [1.82, 2.24) is 0 Å². The lowest BCUT2D eigenvalue weighted by atomic mass is 9.85. The van der Waals surface area contributed by atoms with Crippen LogP contribution in [0.4, 0.5) is 0 Å². The van der Waals surface area contributed by atoms with Gasteiger partial charge in [0.15, 0.2) is 0 Å². The van der Waals surface area contributed by atoms with Crippen LogP contribution >= 0.6 is 0 Å². The molecule has 9 nitrogen and oxygen atoms in total. The second-order valence-electron chi connectivity index (χ2n) is 8.03. The Morgan fingerprint density at radius 3 is 2.52 bits per heavy atom. The Labute approximate surface area is 192 Å². The fourth-order valence-electron chi connectivity index (χ4n) is 3.69. The highest BCUT2D eigenvalue weighted by Crippen LogP contribution is 2.37. The molecule has 0 aromatic rings. The first-order valence-electron chi connectivity index (χ1n) is 10.6.